The molecule has 0 radical (unpaired) electrons. The molecule has 0 saturated heterocycles. The van der Waals surface area contributed by atoms with E-state index in [2.05, 4.69) is 83.9 Å². The fourth-order valence-corrected chi connectivity index (χ4v) is 13.1. The number of hydrogen-bond donors (Lipinski definition) is 2. The van der Waals surface area contributed by atoms with E-state index < -0.39 is 0 Å². The van der Waals surface area contributed by atoms with Gasteiger partial charge in [-0.05, 0) is 142 Å². The van der Waals surface area contributed by atoms with Crippen LogP contribution in [0.3, 0.4) is 0 Å². The van der Waals surface area contributed by atoms with Crippen molar-refractivity contribution < 1.29 is 48.2 Å². The largest absolute Gasteiger partial charge is 0.466 e. The number of oxime groups is 1. The number of allylic oxidation sites excluding steroid dienone is 2. The molecule has 12 aliphatic rings. The SMILES string of the molecule is C.C.C.C=C1[C@@H](CC(=O)OCC)C[C@H]2C[C@@H]1C2(C)C.CC1(C)[C@H]2CC=C(CCO)[C@@H]1C2.CCOC(=O)C[C@H]1C[C@H]2C[C@@H](/C1=N/OC)C2(C)C.CCOC(=O)C[C@H]1C[C@H]2C[C@@H](C1=O)C2(C)C.CON.Cl. The van der Waals surface area contributed by atoms with Gasteiger partial charge in [0.1, 0.15) is 12.9 Å². The Balaban J connectivity index is 0.000000865. The van der Waals surface area contributed by atoms with Crippen LogP contribution in [0.15, 0.2) is 29.0 Å². The zero-order chi connectivity index (χ0) is 48.7. The molecule has 0 aromatic rings. The molecule has 0 heterocycles. The molecule has 0 amide bonds. The van der Waals surface area contributed by atoms with Crippen molar-refractivity contribution in [2.24, 2.45) is 97.8 Å². The summed E-state index contributed by atoms with van der Waals surface area (Å²) in [6.45, 7) is 29.7. The van der Waals surface area contributed by atoms with Crippen LogP contribution in [0, 0.1) is 86.8 Å². The number of aliphatic hydroxyl groups excluding tert-OH is 1. The van der Waals surface area contributed by atoms with Crippen LogP contribution in [0.4, 0.5) is 0 Å². The van der Waals surface area contributed by atoms with E-state index in [1.807, 2.05) is 13.8 Å². The van der Waals surface area contributed by atoms with Gasteiger partial charge >= 0.3 is 17.9 Å². The number of rotatable bonds is 12. The zero-order valence-electron chi connectivity index (χ0n) is 43.0. The summed E-state index contributed by atoms with van der Waals surface area (Å²) in [7, 11) is 2.98. The molecule has 0 aromatic heterocycles. The molecule has 10 saturated carbocycles. The third kappa shape index (κ3) is 14.7. The molecule has 10 fully saturated rings. The van der Waals surface area contributed by atoms with Crippen LogP contribution >= 0.6 is 12.4 Å². The molecule has 11 atom stereocenters. The van der Waals surface area contributed by atoms with Gasteiger partial charge in [-0.15, -0.1) is 12.4 Å². The number of halogens is 1. The Labute approximate surface area is 426 Å². The lowest BCUT2D eigenvalue weighted by Crippen LogP contribution is -2.56. The smallest absolute Gasteiger partial charge is 0.306 e. The van der Waals surface area contributed by atoms with Gasteiger partial charge in [-0.1, -0.05) is 107 Å². The molecule has 12 rings (SSSR count). The van der Waals surface area contributed by atoms with E-state index in [4.69, 9.17) is 24.2 Å². The number of aliphatic hydroxyl groups is 1. The third-order valence-electron chi connectivity index (χ3n) is 17.9. The van der Waals surface area contributed by atoms with Crippen molar-refractivity contribution in [1.82, 2.24) is 0 Å². The van der Waals surface area contributed by atoms with Crippen LogP contribution in [-0.4, -0.2) is 75.2 Å². The number of ether oxygens (including phenoxy) is 3. The number of nitrogens with two attached hydrogens (primary N) is 1. The van der Waals surface area contributed by atoms with Crippen LogP contribution in [0.2, 0.25) is 0 Å². The molecular weight excluding hydrogens is 896 g/mol. The first-order valence-corrected chi connectivity index (χ1v) is 24.8. The van der Waals surface area contributed by atoms with E-state index in [9.17, 15) is 19.2 Å². The van der Waals surface area contributed by atoms with Gasteiger partial charge in [-0.3, -0.25) is 19.2 Å². The van der Waals surface area contributed by atoms with Gasteiger partial charge in [0.2, 0.25) is 0 Å². The number of hydrogen-bond acceptors (Lipinski definition) is 12. The summed E-state index contributed by atoms with van der Waals surface area (Å²) in [6, 6.07) is 0. The Morgan fingerprint density at radius 1 is 0.638 bits per heavy atom. The molecular formula is C56H101ClN2O10. The third-order valence-corrected chi connectivity index (χ3v) is 17.9. The number of esters is 3. The lowest BCUT2D eigenvalue weighted by Gasteiger charge is -2.60. The normalized spacial score (nSPS) is 32.2. The van der Waals surface area contributed by atoms with Crippen LogP contribution in [-0.2, 0) is 43.1 Å². The maximum absolute atomic E-state index is 12.1. The van der Waals surface area contributed by atoms with Crippen molar-refractivity contribution >= 4 is 41.8 Å². The highest BCUT2D eigenvalue weighted by Gasteiger charge is 2.59. The summed E-state index contributed by atoms with van der Waals surface area (Å²) < 4.78 is 15.0. The fraction of sp³-hybridized carbons (Fsp3) is 0.839. The summed E-state index contributed by atoms with van der Waals surface area (Å²) >= 11 is 0. The Morgan fingerprint density at radius 2 is 1.01 bits per heavy atom. The average Bonchev–Trinajstić information content (AvgIpc) is 3.23. The van der Waals surface area contributed by atoms with E-state index in [1.54, 1.807) is 14.0 Å². The highest BCUT2D eigenvalue weighted by molar-refractivity contribution is 5.94. The average molecular weight is 998 g/mol. The van der Waals surface area contributed by atoms with E-state index in [-0.39, 0.29) is 82.2 Å². The molecule has 402 valence electrons. The van der Waals surface area contributed by atoms with Crippen molar-refractivity contribution in [2.75, 3.05) is 40.6 Å². The Hall–Kier alpha value is -2.80. The molecule has 8 bridgehead atoms. The number of fused-ring (bicyclic) bond motifs is 7. The summed E-state index contributed by atoms with van der Waals surface area (Å²) in [5.74, 6) is 9.83. The van der Waals surface area contributed by atoms with Crippen molar-refractivity contribution in [2.45, 2.75) is 175 Å². The first-order valence-electron chi connectivity index (χ1n) is 24.8. The minimum absolute atomic E-state index is 0. The Kier molecular flexibility index (Phi) is 26.7. The van der Waals surface area contributed by atoms with Crippen LogP contribution < -0.4 is 5.90 Å². The molecule has 12 nitrogen and oxygen atoms in total. The highest BCUT2D eigenvalue weighted by Crippen LogP contribution is 2.64. The van der Waals surface area contributed by atoms with Crippen LogP contribution in [0.5, 0.6) is 0 Å². The number of ketones is 1. The van der Waals surface area contributed by atoms with Crippen LogP contribution in [0.1, 0.15) is 175 Å². The van der Waals surface area contributed by atoms with Gasteiger partial charge in [0, 0.05) is 30.3 Å². The highest BCUT2D eigenvalue weighted by atomic mass is 35.5. The molecule has 0 spiro atoms. The summed E-state index contributed by atoms with van der Waals surface area (Å²) in [4.78, 5) is 55.3. The summed E-state index contributed by atoms with van der Waals surface area (Å²) in [5.41, 5.74) is 5.30. The second kappa shape index (κ2) is 27.9. The van der Waals surface area contributed by atoms with Gasteiger partial charge in [0.25, 0.3) is 0 Å². The summed E-state index contributed by atoms with van der Waals surface area (Å²) in [5, 5.41) is 13.1. The van der Waals surface area contributed by atoms with Gasteiger partial charge in [0.15, 0.2) is 0 Å². The lowest BCUT2D eigenvalue weighted by molar-refractivity contribution is -0.162. The fourth-order valence-electron chi connectivity index (χ4n) is 13.1. The van der Waals surface area contributed by atoms with E-state index in [1.165, 1.54) is 43.9 Å². The maximum atomic E-state index is 12.1. The second-order valence-electron chi connectivity index (χ2n) is 22.5. The van der Waals surface area contributed by atoms with E-state index in [0.29, 0.717) is 90.9 Å². The molecule has 13 heteroatoms. The topological polar surface area (TPSA) is 173 Å². The van der Waals surface area contributed by atoms with Gasteiger partial charge in [-0.25, -0.2) is 5.90 Å². The predicted octanol–water partition coefficient (Wildman–Crippen LogP) is 12.2. The number of carbonyl (C=O) groups excluding carboxylic acids is 4. The van der Waals surface area contributed by atoms with Gasteiger partial charge in [0.05, 0.1) is 51.9 Å². The zero-order valence-corrected chi connectivity index (χ0v) is 43.8. The van der Waals surface area contributed by atoms with Crippen LogP contribution in [0.25, 0.3) is 0 Å². The Bertz CT molecular complexity index is 1670. The molecule has 0 aromatic carbocycles. The first-order chi connectivity index (χ1) is 30.5. The number of carbonyl (C=O) groups is 4. The van der Waals surface area contributed by atoms with Crippen molar-refractivity contribution in [1.29, 1.82) is 0 Å². The monoisotopic (exact) mass is 997 g/mol. The van der Waals surface area contributed by atoms with Crippen molar-refractivity contribution in [3.05, 3.63) is 23.8 Å². The molecule has 0 unspecified atom stereocenters. The number of nitrogens with zero attached hydrogens (tertiary/aromatic N) is 1. The minimum Gasteiger partial charge on any atom is -0.466 e. The standard InChI is InChI=1S/C14H23NO3.C14H22O2.C13H20O3.C11H18O.CH5NO.3CH4.ClH/c1-5-18-12(16)7-9-6-10-8-11(14(10,2)3)13(9)15-17-4;1-5-16-13(15)7-10-6-11-8-12(9(10)2)14(11,3)4;1-4-16-11(14)6-8-5-9-7-10(12(8)15)13(9,2)3;1-11(2)9-4-3-8(5-6-12)10(11)7-9;1-3-2;;;;/h9-11H,5-8H2,1-4H3;10-12H,2,5-8H2,1,3-4H3;8-10H,4-7H2,1-3H3;3,9-10,12H,4-7H2,1-2H3;2H2,1H3;3*1H4;1H/b15-13+;;;;;;;;/t9-,10+,11+;10-,11+,12+;8-,9+,10+;9-,10-;;;;;/m1110...../s1. The summed E-state index contributed by atoms with van der Waals surface area (Å²) in [6.07, 6.45) is 13.7. The lowest BCUT2D eigenvalue weighted by atomic mass is 9.45. The van der Waals surface area contributed by atoms with E-state index >= 15 is 0 Å². The number of Topliss-reactive ketones (excluding diaryl/α,β-unsaturated/α-hetero) is 1. The van der Waals surface area contributed by atoms with E-state index in [0.717, 1.165) is 55.6 Å². The predicted molar refractivity (Wildman–Crippen MR) is 281 cm³/mol. The van der Waals surface area contributed by atoms with Crippen molar-refractivity contribution in [3.63, 3.8) is 0 Å². The quantitative estimate of drug-likeness (QED) is 0.0824. The van der Waals surface area contributed by atoms with Crippen molar-refractivity contribution in [3.8, 4) is 0 Å². The molecule has 69 heavy (non-hydrogen) atoms. The Morgan fingerprint density at radius 3 is 1.39 bits per heavy atom. The second-order valence-corrected chi connectivity index (χ2v) is 22.5. The maximum Gasteiger partial charge on any atom is 0.306 e. The molecule has 12 aliphatic carbocycles. The van der Waals surface area contributed by atoms with Gasteiger partial charge < -0.3 is 29.0 Å². The first kappa shape index (κ1) is 66.2. The molecule has 0 aliphatic heterocycles. The molecule has 3 N–H and O–H groups in total. The minimum atomic E-state index is -0.222. The van der Waals surface area contributed by atoms with Gasteiger partial charge in [-0.2, -0.15) is 0 Å².